The first-order valence-electron chi connectivity index (χ1n) is 16.7. The minimum atomic E-state index is -0.401. The molecule has 7 rings (SSSR count). The second-order valence-corrected chi connectivity index (χ2v) is 12.7. The van der Waals surface area contributed by atoms with Crippen LogP contribution in [0, 0.1) is 6.57 Å². The molecule has 1 N–H and O–H groups in total. The summed E-state index contributed by atoms with van der Waals surface area (Å²) in [6.45, 7) is 14.7. The highest BCUT2D eigenvalue weighted by atomic mass is 16.6. The minimum Gasteiger partial charge on any atom is -0.461 e. The first-order valence-corrected chi connectivity index (χ1v) is 16.7. The summed E-state index contributed by atoms with van der Waals surface area (Å²) in [7, 11) is 0. The predicted octanol–water partition coefficient (Wildman–Crippen LogP) is 4.69. The molecular formula is C37H41N7O4. The number of nitrogens with zero attached hydrogens (tertiary/aromatic N) is 6. The van der Waals surface area contributed by atoms with Gasteiger partial charge in [-0.05, 0) is 30.4 Å². The van der Waals surface area contributed by atoms with Gasteiger partial charge < -0.3 is 34.2 Å². The lowest BCUT2D eigenvalue weighted by Gasteiger charge is -2.40. The highest BCUT2D eigenvalue weighted by Gasteiger charge is 2.36. The molecule has 4 heterocycles. The molecular weight excluding hydrogens is 606 g/mol. The standard InChI is InChI=1S/C37H41N7O4/c1-26-23-46-30(20-39-26)25-47-36-40-33-22-42(34-14-8-12-28-11-6-7-13-31(28)34)16-15-32(33)35(41-36)43-17-18-44(29(21-43)19-38-2)37(45)48-24-27-9-4-3-5-10-27/h3-14,26,29-30,39H,15-25H2,1H3/t26-,29+,30-/m1/s1. The zero-order valence-corrected chi connectivity index (χ0v) is 27.3. The molecule has 1 aromatic heterocycles. The van der Waals surface area contributed by atoms with Crippen LogP contribution in [0.15, 0.2) is 72.8 Å². The molecule has 4 aromatic rings. The summed E-state index contributed by atoms with van der Waals surface area (Å²) in [4.78, 5) is 33.1. The number of piperazine rings is 1. The van der Waals surface area contributed by atoms with Gasteiger partial charge in [0.1, 0.15) is 31.2 Å². The van der Waals surface area contributed by atoms with Crippen molar-refractivity contribution in [1.29, 1.82) is 0 Å². The van der Waals surface area contributed by atoms with Crippen molar-refractivity contribution >= 4 is 28.4 Å². The van der Waals surface area contributed by atoms with Crippen LogP contribution < -0.4 is 19.9 Å². The molecule has 2 fully saturated rings. The van der Waals surface area contributed by atoms with Crippen LogP contribution in [-0.4, -0.2) is 91.6 Å². The maximum absolute atomic E-state index is 13.2. The normalized spacial score (nSPS) is 21.0. The number of fused-ring (bicyclic) bond motifs is 2. The number of amides is 1. The van der Waals surface area contributed by atoms with Gasteiger partial charge in [-0.25, -0.2) is 11.4 Å². The van der Waals surface area contributed by atoms with Crippen molar-refractivity contribution in [3.8, 4) is 6.01 Å². The van der Waals surface area contributed by atoms with Gasteiger partial charge in [-0.15, -0.1) is 0 Å². The molecule has 3 aliphatic heterocycles. The van der Waals surface area contributed by atoms with Gasteiger partial charge in [0.25, 0.3) is 0 Å². The van der Waals surface area contributed by atoms with Crippen LogP contribution in [0.25, 0.3) is 15.6 Å². The van der Waals surface area contributed by atoms with Crippen LogP contribution in [0.2, 0.25) is 0 Å². The molecule has 0 bridgehead atoms. The Balaban J connectivity index is 1.14. The van der Waals surface area contributed by atoms with Crippen LogP contribution >= 0.6 is 0 Å². The summed E-state index contributed by atoms with van der Waals surface area (Å²) in [5.41, 5.74) is 4.12. The molecule has 0 radical (unpaired) electrons. The van der Waals surface area contributed by atoms with E-state index in [-0.39, 0.29) is 25.3 Å². The van der Waals surface area contributed by atoms with E-state index in [1.807, 2.05) is 30.3 Å². The lowest BCUT2D eigenvalue weighted by atomic mass is 10.0. The molecule has 0 unspecified atom stereocenters. The predicted molar refractivity (Wildman–Crippen MR) is 184 cm³/mol. The van der Waals surface area contributed by atoms with Crippen molar-refractivity contribution in [1.82, 2.24) is 20.2 Å². The topological polar surface area (TPSA) is 96.6 Å². The van der Waals surface area contributed by atoms with E-state index in [0.717, 1.165) is 35.6 Å². The quantitative estimate of drug-likeness (QED) is 0.273. The maximum Gasteiger partial charge on any atom is 0.410 e. The summed E-state index contributed by atoms with van der Waals surface area (Å²) >= 11 is 0. The maximum atomic E-state index is 13.2. The lowest BCUT2D eigenvalue weighted by molar-refractivity contribution is -0.0182. The Morgan fingerprint density at radius 1 is 1.02 bits per heavy atom. The zero-order chi connectivity index (χ0) is 32.9. The minimum absolute atomic E-state index is 0.0926. The van der Waals surface area contributed by atoms with Gasteiger partial charge in [0.2, 0.25) is 6.54 Å². The van der Waals surface area contributed by atoms with Gasteiger partial charge in [0.15, 0.2) is 0 Å². The number of anilines is 2. The van der Waals surface area contributed by atoms with Crippen LogP contribution in [0.4, 0.5) is 16.3 Å². The van der Waals surface area contributed by atoms with Crippen LogP contribution in [0.1, 0.15) is 23.7 Å². The van der Waals surface area contributed by atoms with E-state index in [2.05, 4.69) is 69.3 Å². The third-order valence-corrected chi connectivity index (χ3v) is 9.33. The van der Waals surface area contributed by atoms with Gasteiger partial charge in [-0.1, -0.05) is 66.7 Å². The third-order valence-electron chi connectivity index (χ3n) is 9.33. The first-order chi connectivity index (χ1) is 23.6. The Morgan fingerprint density at radius 2 is 1.85 bits per heavy atom. The Labute approximate surface area is 281 Å². The first kappa shape index (κ1) is 31.7. The summed E-state index contributed by atoms with van der Waals surface area (Å²) in [5.74, 6) is 0.816. The Hall–Kier alpha value is -4.92. The molecule has 3 aliphatic rings. The van der Waals surface area contributed by atoms with E-state index < -0.39 is 6.09 Å². The summed E-state index contributed by atoms with van der Waals surface area (Å²) in [6, 6.07) is 24.8. The summed E-state index contributed by atoms with van der Waals surface area (Å²) in [6.07, 6.45) is 0.265. The Morgan fingerprint density at radius 3 is 2.69 bits per heavy atom. The fourth-order valence-corrected chi connectivity index (χ4v) is 6.76. The van der Waals surface area contributed by atoms with Crippen molar-refractivity contribution < 1.29 is 19.0 Å². The van der Waals surface area contributed by atoms with E-state index in [1.165, 1.54) is 16.5 Å². The molecule has 11 nitrogen and oxygen atoms in total. The van der Waals surface area contributed by atoms with Crippen LogP contribution in [0.3, 0.4) is 0 Å². The molecule has 1 amide bonds. The number of benzene rings is 3. The molecule has 2 saturated heterocycles. The van der Waals surface area contributed by atoms with Gasteiger partial charge in [-0.2, -0.15) is 9.97 Å². The fraction of sp³-hybridized carbons (Fsp3) is 0.405. The molecule has 48 heavy (non-hydrogen) atoms. The number of hydrogen-bond donors (Lipinski definition) is 1. The van der Waals surface area contributed by atoms with Crippen molar-refractivity contribution in [2.24, 2.45) is 0 Å². The second-order valence-electron chi connectivity index (χ2n) is 12.7. The highest BCUT2D eigenvalue weighted by Crippen LogP contribution is 2.35. The van der Waals surface area contributed by atoms with Gasteiger partial charge in [-0.3, -0.25) is 4.90 Å². The van der Waals surface area contributed by atoms with Crippen LogP contribution in [0.5, 0.6) is 6.01 Å². The molecule has 0 saturated carbocycles. The molecule has 11 heteroatoms. The zero-order valence-electron chi connectivity index (χ0n) is 27.3. The van der Waals surface area contributed by atoms with Crippen molar-refractivity contribution in [2.45, 2.75) is 44.7 Å². The average Bonchev–Trinajstić information content (AvgIpc) is 3.13. The lowest BCUT2D eigenvalue weighted by Crippen LogP contribution is -2.57. The summed E-state index contributed by atoms with van der Waals surface area (Å²) in [5, 5.41) is 5.85. The van der Waals surface area contributed by atoms with Gasteiger partial charge in [0, 0.05) is 55.4 Å². The highest BCUT2D eigenvalue weighted by molar-refractivity contribution is 5.94. The number of hydrogen-bond acceptors (Lipinski definition) is 9. The van der Waals surface area contributed by atoms with E-state index in [1.54, 1.807) is 4.90 Å². The molecule has 3 aromatic carbocycles. The Bertz CT molecular complexity index is 1770. The number of ether oxygens (including phenoxy) is 3. The van der Waals surface area contributed by atoms with Gasteiger partial charge >= 0.3 is 12.1 Å². The number of carbonyl (C=O) groups is 1. The average molecular weight is 648 g/mol. The van der Waals surface area contributed by atoms with Crippen molar-refractivity contribution in [2.75, 3.05) is 62.3 Å². The number of morpholine rings is 1. The van der Waals surface area contributed by atoms with Crippen LogP contribution in [-0.2, 0) is 29.0 Å². The van der Waals surface area contributed by atoms with E-state index in [9.17, 15) is 4.79 Å². The van der Waals surface area contributed by atoms with Gasteiger partial charge in [0.05, 0.1) is 18.8 Å². The van der Waals surface area contributed by atoms with Crippen molar-refractivity contribution in [3.05, 3.63) is 101 Å². The molecule has 0 spiro atoms. The second kappa shape index (κ2) is 14.5. The number of carbonyl (C=O) groups excluding carboxylic acids is 1. The molecule has 3 atom stereocenters. The largest absolute Gasteiger partial charge is 0.461 e. The third kappa shape index (κ3) is 7.00. The molecule has 0 aliphatic carbocycles. The van der Waals surface area contributed by atoms with Crippen molar-refractivity contribution in [3.63, 3.8) is 0 Å². The monoisotopic (exact) mass is 647 g/mol. The SMILES string of the molecule is [C-]#[N+]C[C@H]1CN(c2nc(OC[C@H]3CN[C@H](C)CO3)nc3c2CCN(c2cccc4ccccc24)C3)CCN1C(=O)OCc1ccccc1. The fourth-order valence-electron chi connectivity index (χ4n) is 6.76. The number of rotatable bonds is 8. The van der Waals surface area contributed by atoms with E-state index >= 15 is 0 Å². The molecule has 248 valence electrons. The Kier molecular flexibility index (Phi) is 9.54. The summed E-state index contributed by atoms with van der Waals surface area (Å²) < 4.78 is 17.9. The number of aromatic nitrogens is 2. The van der Waals surface area contributed by atoms with E-state index in [0.29, 0.717) is 58.0 Å². The smallest absolute Gasteiger partial charge is 0.410 e. The number of nitrogens with one attached hydrogen (secondary N) is 1. The van der Waals surface area contributed by atoms with E-state index in [4.69, 9.17) is 30.8 Å².